The molecule has 2 heterocycles. The number of Topliss-reactive ketones (excluding diaryl/α,β-unsaturated/α-hetero) is 1. The van der Waals surface area contributed by atoms with Gasteiger partial charge in [0.2, 0.25) is 0 Å². The summed E-state index contributed by atoms with van der Waals surface area (Å²) in [7, 11) is 2.11. The average molecular weight is 364 g/mol. The second-order valence-corrected chi connectivity index (χ2v) is 7.02. The fourth-order valence-corrected chi connectivity index (χ4v) is 3.26. The number of para-hydroxylation sites is 2. The minimum atomic E-state index is 0.156. The van der Waals surface area contributed by atoms with Gasteiger partial charge in [-0.15, -0.1) is 0 Å². The number of ketones is 1. The Hall–Kier alpha value is -2.70. The highest BCUT2D eigenvalue weighted by molar-refractivity contribution is 5.97. The minimum absolute atomic E-state index is 0.156. The van der Waals surface area contributed by atoms with Gasteiger partial charge in [-0.05, 0) is 43.4 Å². The predicted molar refractivity (Wildman–Crippen MR) is 105 cm³/mol. The van der Waals surface area contributed by atoms with Gasteiger partial charge < -0.3 is 14.6 Å². The molecule has 1 N–H and O–H groups in total. The van der Waals surface area contributed by atoms with Gasteiger partial charge in [0.1, 0.15) is 18.2 Å². The number of hydrogen-bond donors (Lipinski definition) is 1. The van der Waals surface area contributed by atoms with Crippen LogP contribution in [-0.4, -0.2) is 65.3 Å². The van der Waals surface area contributed by atoms with Crippen molar-refractivity contribution in [2.24, 2.45) is 0 Å². The smallest absolute Gasteiger partial charge is 0.176 e. The Bertz CT molecular complexity index is 878. The third kappa shape index (κ3) is 4.35. The summed E-state index contributed by atoms with van der Waals surface area (Å²) in [5.74, 6) is 1.67. The van der Waals surface area contributed by atoms with Crippen molar-refractivity contribution in [1.82, 2.24) is 19.8 Å². The van der Waals surface area contributed by atoms with E-state index in [1.54, 1.807) is 0 Å². The molecule has 0 unspecified atom stereocenters. The van der Waals surface area contributed by atoms with Crippen LogP contribution in [0.25, 0.3) is 11.0 Å². The molecule has 0 saturated carbocycles. The second-order valence-electron chi connectivity index (χ2n) is 7.02. The lowest BCUT2D eigenvalue weighted by Crippen LogP contribution is -2.46. The number of nitrogens with zero attached hydrogens (tertiary/aromatic N) is 3. The van der Waals surface area contributed by atoms with Crippen LogP contribution in [0.5, 0.6) is 5.75 Å². The number of H-pyrrole nitrogens is 1. The summed E-state index contributed by atoms with van der Waals surface area (Å²) in [4.78, 5) is 24.7. The van der Waals surface area contributed by atoms with Crippen LogP contribution in [0.1, 0.15) is 16.2 Å². The molecule has 4 rings (SSSR count). The number of ether oxygens (including phenoxy) is 1. The van der Waals surface area contributed by atoms with Crippen molar-refractivity contribution in [3.05, 3.63) is 59.9 Å². The SMILES string of the molecule is CN1CCN(CC(=O)c2ccc(OCc3nc4ccccc4[nH]3)cc2)CC1. The van der Waals surface area contributed by atoms with Crippen molar-refractivity contribution < 1.29 is 9.53 Å². The summed E-state index contributed by atoms with van der Waals surface area (Å²) < 4.78 is 5.80. The maximum atomic E-state index is 12.5. The molecule has 27 heavy (non-hydrogen) atoms. The third-order valence-electron chi connectivity index (χ3n) is 4.95. The monoisotopic (exact) mass is 364 g/mol. The summed E-state index contributed by atoms with van der Waals surface area (Å²) in [6.07, 6.45) is 0. The molecule has 1 aliphatic heterocycles. The average Bonchev–Trinajstić information content (AvgIpc) is 3.11. The molecule has 1 saturated heterocycles. The highest BCUT2D eigenvalue weighted by atomic mass is 16.5. The number of rotatable bonds is 6. The highest BCUT2D eigenvalue weighted by Gasteiger charge is 2.17. The van der Waals surface area contributed by atoms with Gasteiger partial charge in [-0.25, -0.2) is 4.98 Å². The molecule has 1 fully saturated rings. The minimum Gasteiger partial charge on any atom is -0.486 e. The number of piperazine rings is 1. The zero-order valence-electron chi connectivity index (χ0n) is 15.5. The van der Waals surface area contributed by atoms with Gasteiger partial charge in [0.25, 0.3) is 0 Å². The molecule has 2 aromatic carbocycles. The Morgan fingerprint density at radius 2 is 1.81 bits per heavy atom. The van der Waals surface area contributed by atoms with Crippen molar-refractivity contribution >= 4 is 16.8 Å². The van der Waals surface area contributed by atoms with Gasteiger partial charge in [0.05, 0.1) is 17.6 Å². The van der Waals surface area contributed by atoms with E-state index in [0.29, 0.717) is 13.2 Å². The lowest BCUT2D eigenvalue weighted by Gasteiger charge is -2.31. The number of carbonyl (C=O) groups is 1. The van der Waals surface area contributed by atoms with E-state index in [1.165, 1.54) is 0 Å². The van der Waals surface area contributed by atoms with Gasteiger partial charge in [-0.3, -0.25) is 9.69 Å². The van der Waals surface area contributed by atoms with Crippen LogP contribution in [0, 0.1) is 0 Å². The number of imidazole rings is 1. The lowest BCUT2D eigenvalue weighted by atomic mass is 10.1. The summed E-state index contributed by atoms with van der Waals surface area (Å²) in [6, 6.07) is 15.3. The lowest BCUT2D eigenvalue weighted by molar-refractivity contribution is 0.0876. The number of likely N-dealkylation sites (N-methyl/N-ethyl adjacent to an activating group) is 1. The van der Waals surface area contributed by atoms with E-state index in [2.05, 4.69) is 26.8 Å². The van der Waals surface area contributed by atoms with E-state index in [4.69, 9.17) is 4.74 Å². The van der Waals surface area contributed by atoms with Gasteiger partial charge in [0.15, 0.2) is 5.78 Å². The number of aromatic amines is 1. The van der Waals surface area contributed by atoms with Gasteiger partial charge in [0, 0.05) is 31.7 Å². The fourth-order valence-electron chi connectivity index (χ4n) is 3.26. The van der Waals surface area contributed by atoms with Crippen LogP contribution in [0.15, 0.2) is 48.5 Å². The molecule has 1 aliphatic rings. The zero-order chi connectivity index (χ0) is 18.6. The maximum Gasteiger partial charge on any atom is 0.176 e. The first-order chi connectivity index (χ1) is 13.2. The Morgan fingerprint density at radius 3 is 2.56 bits per heavy atom. The van der Waals surface area contributed by atoms with E-state index in [9.17, 15) is 4.79 Å². The molecule has 3 aromatic rings. The van der Waals surface area contributed by atoms with Crippen molar-refractivity contribution in [1.29, 1.82) is 0 Å². The Kier molecular flexibility index (Phi) is 5.18. The fraction of sp³-hybridized carbons (Fsp3) is 0.333. The summed E-state index contributed by atoms with van der Waals surface area (Å²) in [5, 5.41) is 0. The molecule has 140 valence electrons. The van der Waals surface area contributed by atoms with Gasteiger partial charge in [-0.1, -0.05) is 12.1 Å². The number of benzene rings is 2. The van der Waals surface area contributed by atoms with Crippen LogP contribution in [-0.2, 0) is 6.61 Å². The molecule has 0 amide bonds. The van der Waals surface area contributed by atoms with Crippen LogP contribution in [0.3, 0.4) is 0 Å². The van der Waals surface area contributed by atoms with E-state index >= 15 is 0 Å². The van der Waals surface area contributed by atoms with E-state index < -0.39 is 0 Å². The van der Waals surface area contributed by atoms with Crippen LogP contribution in [0.4, 0.5) is 0 Å². The summed E-state index contributed by atoms with van der Waals surface area (Å²) >= 11 is 0. The van der Waals surface area contributed by atoms with Gasteiger partial charge >= 0.3 is 0 Å². The standard InChI is InChI=1S/C21H24N4O2/c1-24-10-12-25(13-11-24)14-20(26)16-6-8-17(9-7-16)27-15-21-22-18-4-2-3-5-19(18)23-21/h2-9H,10-15H2,1H3,(H,22,23). The van der Waals surface area contributed by atoms with Crippen molar-refractivity contribution in [3.63, 3.8) is 0 Å². The number of carbonyl (C=O) groups excluding carboxylic acids is 1. The molecule has 0 aliphatic carbocycles. The molecular weight excluding hydrogens is 340 g/mol. The molecule has 0 atom stereocenters. The van der Waals surface area contributed by atoms with Crippen LogP contribution < -0.4 is 4.74 Å². The number of nitrogens with one attached hydrogen (secondary N) is 1. The van der Waals surface area contributed by atoms with Crippen molar-refractivity contribution in [2.75, 3.05) is 39.8 Å². The third-order valence-corrected chi connectivity index (χ3v) is 4.95. The van der Waals surface area contributed by atoms with E-state index in [-0.39, 0.29) is 5.78 Å². The molecule has 0 radical (unpaired) electrons. The quantitative estimate of drug-likeness (QED) is 0.681. The predicted octanol–water partition coefficient (Wildman–Crippen LogP) is 2.57. The zero-order valence-corrected chi connectivity index (χ0v) is 15.5. The molecule has 6 heteroatoms. The normalized spacial score (nSPS) is 15.9. The largest absolute Gasteiger partial charge is 0.486 e. The summed E-state index contributed by atoms with van der Waals surface area (Å²) in [6.45, 7) is 4.77. The first kappa shape index (κ1) is 17.7. The maximum absolute atomic E-state index is 12.5. The first-order valence-corrected chi connectivity index (χ1v) is 9.28. The van der Waals surface area contributed by atoms with E-state index in [0.717, 1.165) is 54.3 Å². The molecule has 0 spiro atoms. The topological polar surface area (TPSA) is 61.5 Å². The number of aromatic nitrogens is 2. The molecule has 1 aromatic heterocycles. The summed E-state index contributed by atoms with van der Waals surface area (Å²) in [5.41, 5.74) is 2.66. The molecule has 0 bridgehead atoms. The van der Waals surface area contributed by atoms with Crippen molar-refractivity contribution in [3.8, 4) is 5.75 Å². The van der Waals surface area contributed by atoms with Crippen LogP contribution >= 0.6 is 0 Å². The number of hydrogen-bond acceptors (Lipinski definition) is 5. The van der Waals surface area contributed by atoms with Crippen LogP contribution in [0.2, 0.25) is 0 Å². The Balaban J connectivity index is 1.32. The first-order valence-electron chi connectivity index (χ1n) is 9.28. The van der Waals surface area contributed by atoms with Gasteiger partial charge in [-0.2, -0.15) is 0 Å². The number of fused-ring (bicyclic) bond motifs is 1. The molecular formula is C21H24N4O2. The highest BCUT2D eigenvalue weighted by Crippen LogP contribution is 2.16. The Morgan fingerprint density at radius 1 is 1.07 bits per heavy atom. The van der Waals surface area contributed by atoms with Crippen molar-refractivity contribution in [2.45, 2.75) is 6.61 Å². The Labute approximate surface area is 158 Å². The van der Waals surface area contributed by atoms with E-state index in [1.807, 2.05) is 48.5 Å². The molecule has 6 nitrogen and oxygen atoms in total. The second kappa shape index (κ2) is 7.90.